The Labute approximate surface area is 125 Å². The van der Waals surface area contributed by atoms with Gasteiger partial charge in [-0.25, -0.2) is 0 Å². The molecule has 1 saturated carbocycles. The van der Waals surface area contributed by atoms with Gasteiger partial charge in [-0.1, -0.05) is 0 Å². The fourth-order valence-electron chi connectivity index (χ4n) is 3.40. The number of nitrogens with one attached hydrogen (secondary N) is 1. The summed E-state index contributed by atoms with van der Waals surface area (Å²) in [4.78, 5) is 1.53. The third-order valence-corrected chi connectivity index (χ3v) is 4.57. The van der Waals surface area contributed by atoms with E-state index in [2.05, 4.69) is 20.7 Å². The van der Waals surface area contributed by atoms with Crippen LogP contribution in [0.5, 0.6) is 0 Å². The first-order valence-corrected chi connectivity index (χ1v) is 7.78. The molecule has 0 spiro atoms. The fraction of sp³-hybridized carbons (Fsp3) is 0.929. The Bertz CT molecular complexity index is 462. The Balaban J connectivity index is 1.70. The molecule has 21 heavy (non-hydrogen) atoms. The maximum Gasteiger partial charge on any atom is 0.175 e. The quantitative estimate of drug-likeness (QED) is 0.689. The molecule has 2 unspecified atom stereocenters. The summed E-state index contributed by atoms with van der Waals surface area (Å²) in [6.45, 7) is 3.36. The lowest BCUT2D eigenvalue weighted by Gasteiger charge is -2.33. The average Bonchev–Trinajstić information content (AvgIpc) is 3.11. The molecule has 1 N–H and O–H groups in total. The molecule has 7 nitrogen and oxygen atoms in total. The van der Waals surface area contributed by atoms with E-state index in [1.165, 1.54) is 17.6 Å². The highest BCUT2D eigenvalue weighted by atomic mass is 16.5. The van der Waals surface area contributed by atoms with Gasteiger partial charge in [-0.3, -0.25) is 0 Å². The van der Waals surface area contributed by atoms with Crippen molar-refractivity contribution in [3.63, 3.8) is 0 Å². The molecule has 1 aromatic heterocycles. The summed E-state index contributed by atoms with van der Waals surface area (Å²) < 4.78 is 11.2. The Hall–Kier alpha value is -1.05. The van der Waals surface area contributed by atoms with Crippen LogP contribution in [0.2, 0.25) is 0 Å². The van der Waals surface area contributed by atoms with Crippen molar-refractivity contribution in [1.82, 2.24) is 25.5 Å². The standard InChI is InChI=1S/C14H25N5O2/c1-19-17-12(16-18-19)9-14(10-15-6-8-20-2)5-7-21-13(14)11-3-4-11/h11,13,15H,3-10H2,1-2H3. The highest BCUT2D eigenvalue weighted by molar-refractivity contribution is 5.04. The molecule has 2 fully saturated rings. The molecule has 1 aromatic rings. The van der Waals surface area contributed by atoms with Crippen molar-refractivity contribution in [2.24, 2.45) is 18.4 Å². The third-order valence-electron chi connectivity index (χ3n) is 4.57. The summed E-state index contributed by atoms with van der Waals surface area (Å²) in [5.41, 5.74) is 0.0952. The second-order valence-corrected chi connectivity index (χ2v) is 6.28. The molecule has 3 rings (SSSR count). The SMILES string of the molecule is COCCNCC1(Cc2nnn(C)n2)CCOC1C1CC1. The highest BCUT2D eigenvalue weighted by Crippen LogP contribution is 2.48. The second kappa shape index (κ2) is 6.37. The fourth-order valence-corrected chi connectivity index (χ4v) is 3.40. The number of methoxy groups -OCH3 is 1. The zero-order valence-electron chi connectivity index (χ0n) is 12.9. The van der Waals surface area contributed by atoms with E-state index in [1.54, 1.807) is 7.11 Å². The number of hydrogen-bond donors (Lipinski definition) is 1. The van der Waals surface area contributed by atoms with E-state index in [4.69, 9.17) is 9.47 Å². The van der Waals surface area contributed by atoms with E-state index in [0.29, 0.717) is 12.0 Å². The number of rotatable bonds is 8. The van der Waals surface area contributed by atoms with E-state index in [1.807, 2.05) is 7.05 Å². The van der Waals surface area contributed by atoms with Gasteiger partial charge in [0, 0.05) is 38.6 Å². The van der Waals surface area contributed by atoms with Crippen molar-refractivity contribution in [3.05, 3.63) is 5.82 Å². The molecule has 7 heteroatoms. The van der Waals surface area contributed by atoms with Crippen LogP contribution in [0.3, 0.4) is 0 Å². The van der Waals surface area contributed by atoms with Crippen LogP contribution < -0.4 is 5.32 Å². The first-order valence-electron chi connectivity index (χ1n) is 7.78. The van der Waals surface area contributed by atoms with Gasteiger partial charge in [-0.2, -0.15) is 4.80 Å². The molecule has 1 saturated heterocycles. The molecule has 0 bridgehead atoms. The summed E-state index contributed by atoms with van der Waals surface area (Å²) >= 11 is 0. The maximum atomic E-state index is 6.07. The predicted octanol–water partition coefficient (Wildman–Crippen LogP) is 0.174. The van der Waals surface area contributed by atoms with Gasteiger partial charge in [0.2, 0.25) is 0 Å². The number of tetrazole rings is 1. The van der Waals surface area contributed by atoms with Crippen molar-refractivity contribution in [2.45, 2.75) is 31.8 Å². The lowest BCUT2D eigenvalue weighted by Crippen LogP contribution is -2.44. The van der Waals surface area contributed by atoms with E-state index in [9.17, 15) is 0 Å². The first kappa shape index (κ1) is 14.9. The number of nitrogens with zero attached hydrogens (tertiary/aromatic N) is 4. The minimum Gasteiger partial charge on any atom is -0.383 e. The number of aryl methyl sites for hydroxylation is 1. The number of aromatic nitrogens is 4. The summed E-state index contributed by atoms with van der Waals surface area (Å²) in [7, 11) is 3.54. The topological polar surface area (TPSA) is 74.1 Å². The van der Waals surface area contributed by atoms with E-state index in [-0.39, 0.29) is 5.41 Å². The minimum atomic E-state index is 0.0952. The van der Waals surface area contributed by atoms with Crippen LogP contribution in [0, 0.1) is 11.3 Å². The van der Waals surface area contributed by atoms with Crippen LogP contribution >= 0.6 is 0 Å². The van der Waals surface area contributed by atoms with Crippen LogP contribution in [0.25, 0.3) is 0 Å². The minimum absolute atomic E-state index is 0.0952. The van der Waals surface area contributed by atoms with Crippen molar-refractivity contribution in [2.75, 3.05) is 33.4 Å². The maximum absolute atomic E-state index is 6.07. The number of ether oxygens (including phenoxy) is 2. The summed E-state index contributed by atoms with van der Waals surface area (Å²) in [6, 6.07) is 0. The second-order valence-electron chi connectivity index (χ2n) is 6.28. The average molecular weight is 295 g/mol. The van der Waals surface area contributed by atoms with Gasteiger partial charge in [0.15, 0.2) is 5.82 Å². The highest BCUT2D eigenvalue weighted by Gasteiger charge is 2.51. The van der Waals surface area contributed by atoms with Gasteiger partial charge in [-0.05, 0) is 30.4 Å². The van der Waals surface area contributed by atoms with Gasteiger partial charge in [0.25, 0.3) is 0 Å². The Morgan fingerprint density at radius 1 is 1.48 bits per heavy atom. The predicted molar refractivity (Wildman–Crippen MR) is 76.8 cm³/mol. The van der Waals surface area contributed by atoms with Crippen LogP contribution in [0.15, 0.2) is 0 Å². The molecular weight excluding hydrogens is 270 g/mol. The van der Waals surface area contributed by atoms with Crippen LogP contribution in [-0.2, 0) is 22.9 Å². The lowest BCUT2D eigenvalue weighted by atomic mass is 9.75. The van der Waals surface area contributed by atoms with Gasteiger partial charge >= 0.3 is 0 Å². The molecule has 118 valence electrons. The normalized spacial score (nSPS) is 29.1. The van der Waals surface area contributed by atoms with Crippen molar-refractivity contribution < 1.29 is 9.47 Å². The largest absolute Gasteiger partial charge is 0.383 e. The van der Waals surface area contributed by atoms with Crippen molar-refractivity contribution in [3.8, 4) is 0 Å². The monoisotopic (exact) mass is 295 g/mol. The lowest BCUT2D eigenvalue weighted by molar-refractivity contribution is 0.0290. The van der Waals surface area contributed by atoms with Crippen LogP contribution in [0.1, 0.15) is 25.1 Å². The molecular formula is C14H25N5O2. The molecule has 0 aromatic carbocycles. The molecule has 1 aliphatic carbocycles. The number of hydrogen-bond acceptors (Lipinski definition) is 6. The Morgan fingerprint density at radius 3 is 3.00 bits per heavy atom. The zero-order valence-corrected chi connectivity index (χ0v) is 12.9. The Morgan fingerprint density at radius 2 is 2.33 bits per heavy atom. The van der Waals surface area contributed by atoms with Gasteiger partial charge in [0.1, 0.15) is 0 Å². The summed E-state index contributed by atoms with van der Waals surface area (Å²) in [5.74, 6) is 1.54. The third kappa shape index (κ3) is 3.41. The van der Waals surface area contributed by atoms with Gasteiger partial charge < -0.3 is 14.8 Å². The molecule has 2 heterocycles. The van der Waals surface area contributed by atoms with Gasteiger partial charge in [0.05, 0.1) is 19.8 Å². The smallest absolute Gasteiger partial charge is 0.175 e. The van der Waals surface area contributed by atoms with Crippen LogP contribution in [-0.4, -0.2) is 59.7 Å². The van der Waals surface area contributed by atoms with E-state index in [0.717, 1.165) is 45.0 Å². The molecule has 2 atom stereocenters. The van der Waals surface area contributed by atoms with E-state index < -0.39 is 0 Å². The van der Waals surface area contributed by atoms with Gasteiger partial charge in [-0.15, -0.1) is 10.2 Å². The van der Waals surface area contributed by atoms with Crippen molar-refractivity contribution >= 4 is 0 Å². The van der Waals surface area contributed by atoms with Crippen molar-refractivity contribution in [1.29, 1.82) is 0 Å². The zero-order chi connectivity index (χ0) is 14.7. The summed E-state index contributed by atoms with van der Waals surface area (Å²) in [5, 5.41) is 16.0. The molecule has 0 radical (unpaired) electrons. The first-order chi connectivity index (χ1) is 10.2. The molecule has 2 aliphatic rings. The molecule has 0 amide bonds. The molecule has 1 aliphatic heterocycles. The van der Waals surface area contributed by atoms with Crippen LogP contribution in [0.4, 0.5) is 0 Å². The van der Waals surface area contributed by atoms with E-state index >= 15 is 0 Å². The summed E-state index contributed by atoms with van der Waals surface area (Å²) in [6.07, 6.45) is 4.81. The Kier molecular flexibility index (Phi) is 4.51.